The number of aromatic nitrogens is 1. The van der Waals surface area contributed by atoms with Gasteiger partial charge in [0, 0.05) is 44.2 Å². The molecule has 0 atom stereocenters. The van der Waals surface area contributed by atoms with Crippen LogP contribution in [0.3, 0.4) is 0 Å². The van der Waals surface area contributed by atoms with Crippen molar-refractivity contribution in [2.75, 3.05) is 26.2 Å². The van der Waals surface area contributed by atoms with E-state index in [1.807, 2.05) is 34.7 Å². The number of carbonyl (C=O) groups is 1. The smallest absolute Gasteiger partial charge is 0.246 e. The fourth-order valence-corrected chi connectivity index (χ4v) is 3.71. The minimum Gasteiger partial charge on any atom is -0.337 e. The molecule has 0 N–H and O–H groups in total. The maximum Gasteiger partial charge on any atom is 0.246 e. The second kappa shape index (κ2) is 7.17. The standard InChI is InChI=1S/C16H19N3OS2/c1-13-17-15(12-22-13)10-18-5-7-19(8-6-18)16(20)3-2-14-4-9-21-11-14/h2-4,9,11-12H,5-8,10H2,1H3/b3-2+. The zero-order chi connectivity index (χ0) is 15.4. The highest BCUT2D eigenvalue weighted by Crippen LogP contribution is 2.13. The molecule has 0 unspecified atom stereocenters. The predicted molar refractivity (Wildman–Crippen MR) is 92.1 cm³/mol. The Morgan fingerprint density at radius 2 is 2.14 bits per heavy atom. The lowest BCUT2D eigenvalue weighted by atomic mass is 10.2. The number of thiazole rings is 1. The van der Waals surface area contributed by atoms with Crippen molar-refractivity contribution in [1.82, 2.24) is 14.8 Å². The van der Waals surface area contributed by atoms with Gasteiger partial charge in [-0.25, -0.2) is 4.98 Å². The number of aryl methyl sites for hydroxylation is 1. The van der Waals surface area contributed by atoms with Gasteiger partial charge >= 0.3 is 0 Å². The Hall–Kier alpha value is -1.50. The van der Waals surface area contributed by atoms with Crippen molar-refractivity contribution in [2.24, 2.45) is 0 Å². The van der Waals surface area contributed by atoms with Gasteiger partial charge in [-0.2, -0.15) is 11.3 Å². The highest BCUT2D eigenvalue weighted by molar-refractivity contribution is 7.09. The summed E-state index contributed by atoms with van der Waals surface area (Å²) in [6, 6.07) is 2.02. The molecule has 116 valence electrons. The van der Waals surface area contributed by atoms with Gasteiger partial charge in [-0.15, -0.1) is 11.3 Å². The van der Waals surface area contributed by atoms with Crippen molar-refractivity contribution >= 4 is 34.7 Å². The minimum atomic E-state index is 0.107. The number of thiophene rings is 1. The van der Waals surface area contributed by atoms with Crippen LogP contribution in [0.1, 0.15) is 16.3 Å². The summed E-state index contributed by atoms with van der Waals surface area (Å²) in [4.78, 5) is 21.0. The molecule has 1 fully saturated rings. The van der Waals surface area contributed by atoms with Gasteiger partial charge in [-0.1, -0.05) is 0 Å². The molecule has 0 bridgehead atoms. The van der Waals surface area contributed by atoms with Crippen LogP contribution >= 0.6 is 22.7 Å². The number of rotatable bonds is 4. The van der Waals surface area contributed by atoms with Crippen LogP contribution in [0.4, 0.5) is 0 Å². The fourth-order valence-electron chi connectivity index (χ4n) is 2.48. The summed E-state index contributed by atoms with van der Waals surface area (Å²) in [7, 11) is 0. The Morgan fingerprint density at radius 1 is 1.32 bits per heavy atom. The molecule has 1 amide bonds. The largest absolute Gasteiger partial charge is 0.337 e. The lowest BCUT2D eigenvalue weighted by Gasteiger charge is -2.33. The number of piperazine rings is 1. The number of carbonyl (C=O) groups excluding carboxylic acids is 1. The van der Waals surface area contributed by atoms with E-state index in [-0.39, 0.29) is 5.91 Å². The van der Waals surface area contributed by atoms with Gasteiger partial charge in [0.15, 0.2) is 0 Å². The summed E-state index contributed by atoms with van der Waals surface area (Å²) in [6.07, 6.45) is 3.57. The fraction of sp³-hybridized carbons (Fsp3) is 0.375. The molecule has 1 saturated heterocycles. The maximum absolute atomic E-state index is 12.2. The number of hydrogen-bond acceptors (Lipinski definition) is 5. The number of amides is 1. The molecule has 0 aliphatic carbocycles. The van der Waals surface area contributed by atoms with E-state index in [2.05, 4.69) is 15.3 Å². The minimum absolute atomic E-state index is 0.107. The first kappa shape index (κ1) is 15.4. The van der Waals surface area contributed by atoms with Crippen molar-refractivity contribution in [3.63, 3.8) is 0 Å². The topological polar surface area (TPSA) is 36.4 Å². The van der Waals surface area contributed by atoms with E-state index in [4.69, 9.17) is 0 Å². The molecular weight excluding hydrogens is 314 g/mol. The van der Waals surface area contributed by atoms with E-state index < -0.39 is 0 Å². The molecule has 6 heteroatoms. The van der Waals surface area contributed by atoms with Crippen LogP contribution in [0, 0.1) is 6.92 Å². The molecule has 0 aromatic carbocycles. The van der Waals surface area contributed by atoms with E-state index in [0.29, 0.717) is 0 Å². The number of nitrogens with zero attached hydrogens (tertiary/aromatic N) is 3. The van der Waals surface area contributed by atoms with Crippen molar-refractivity contribution in [3.05, 3.63) is 44.5 Å². The van der Waals surface area contributed by atoms with E-state index in [9.17, 15) is 4.79 Å². The Balaban J connectivity index is 1.47. The average molecular weight is 333 g/mol. The molecular formula is C16H19N3OS2. The summed E-state index contributed by atoms with van der Waals surface area (Å²) < 4.78 is 0. The first-order chi connectivity index (χ1) is 10.7. The van der Waals surface area contributed by atoms with Crippen LogP contribution in [-0.4, -0.2) is 46.9 Å². The molecule has 2 aromatic heterocycles. The van der Waals surface area contributed by atoms with Crippen LogP contribution in [0.2, 0.25) is 0 Å². The lowest BCUT2D eigenvalue weighted by molar-refractivity contribution is -0.127. The molecule has 0 saturated carbocycles. The van der Waals surface area contributed by atoms with Crippen LogP contribution in [0.25, 0.3) is 6.08 Å². The molecule has 3 rings (SSSR count). The third-order valence-electron chi connectivity index (χ3n) is 3.70. The average Bonchev–Trinajstić information content (AvgIpc) is 3.17. The van der Waals surface area contributed by atoms with Gasteiger partial charge in [0.25, 0.3) is 0 Å². The van der Waals surface area contributed by atoms with Gasteiger partial charge in [-0.3, -0.25) is 9.69 Å². The molecule has 0 spiro atoms. The Labute approximate surface area is 138 Å². The SMILES string of the molecule is Cc1nc(CN2CCN(C(=O)/C=C/c3ccsc3)CC2)cs1. The van der Waals surface area contributed by atoms with E-state index in [0.717, 1.165) is 49.0 Å². The second-order valence-electron chi connectivity index (χ2n) is 5.35. The molecule has 1 aliphatic heterocycles. The Bertz CT molecular complexity index is 640. The highest BCUT2D eigenvalue weighted by Gasteiger charge is 2.20. The lowest BCUT2D eigenvalue weighted by Crippen LogP contribution is -2.47. The first-order valence-corrected chi connectivity index (χ1v) is 9.15. The summed E-state index contributed by atoms with van der Waals surface area (Å²) in [5.74, 6) is 0.107. The Morgan fingerprint density at radius 3 is 2.77 bits per heavy atom. The van der Waals surface area contributed by atoms with E-state index in [1.165, 1.54) is 0 Å². The summed E-state index contributed by atoms with van der Waals surface area (Å²) in [5.41, 5.74) is 2.23. The molecule has 1 aliphatic rings. The predicted octanol–water partition coefficient (Wildman–Crippen LogP) is 2.87. The number of hydrogen-bond donors (Lipinski definition) is 0. The van der Waals surface area contributed by atoms with E-state index in [1.54, 1.807) is 28.7 Å². The quantitative estimate of drug-likeness (QED) is 0.807. The molecule has 22 heavy (non-hydrogen) atoms. The van der Waals surface area contributed by atoms with Gasteiger partial charge in [0.05, 0.1) is 10.7 Å². The Kier molecular flexibility index (Phi) is 5.02. The van der Waals surface area contributed by atoms with Gasteiger partial charge in [0.2, 0.25) is 5.91 Å². The van der Waals surface area contributed by atoms with E-state index >= 15 is 0 Å². The molecule has 3 heterocycles. The van der Waals surface area contributed by atoms with Crippen LogP contribution in [-0.2, 0) is 11.3 Å². The van der Waals surface area contributed by atoms with Crippen molar-refractivity contribution in [2.45, 2.75) is 13.5 Å². The maximum atomic E-state index is 12.2. The van der Waals surface area contributed by atoms with Gasteiger partial charge in [0.1, 0.15) is 0 Å². The third-order valence-corrected chi connectivity index (χ3v) is 5.22. The highest BCUT2D eigenvalue weighted by atomic mass is 32.1. The molecule has 4 nitrogen and oxygen atoms in total. The molecule has 0 radical (unpaired) electrons. The summed E-state index contributed by atoms with van der Waals surface area (Å²) >= 11 is 3.33. The summed E-state index contributed by atoms with van der Waals surface area (Å²) in [5, 5.41) is 7.29. The van der Waals surface area contributed by atoms with Crippen LogP contribution < -0.4 is 0 Å². The monoisotopic (exact) mass is 333 g/mol. The second-order valence-corrected chi connectivity index (χ2v) is 7.19. The van der Waals surface area contributed by atoms with Crippen molar-refractivity contribution in [1.29, 1.82) is 0 Å². The van der Waals surface area contributed by atoms with Crippen LogP contribution in [0.5, 0.6) is 0 Å². The molecule has 2 aromatic rings. The van der Waals surface area contributed by atoms with Crippen molar-refractivity contribution < 1.29 is 4.79 Å². The zero-order valence-electron chi connectivity index (χ0n) is 12.6. The first-order valence-electron chi connectivity index (χ1n) is 7.33. The summed E-state index contributed by atoms with van der Waals surface area (Å²) in [6.45, 7) is 6.32. The van der Waals surface area contributed by atoms with Gasteiger partial charge in [-0.05, 0) is 35.4 Å². The normalized spacial score (nSPS) is 16.5. The van der Waals surface area contributed by atoms with Gasteiger partial charge < -0.3 is 4.90 Å². The van der Waals surface area contributed by atoms with Crippen molar-refractivity contribution in [3.8, 4) is 0 Å². The van der Waals surface area contributed by atoms with Crippen LogP contribution in [0.15, 0.2) is 28.3 Å². The third kappa shape index (κ3) is 4.03. The zero-order valence-corrected chi connectivity index (χ0v) is 14.2.